The van der Waals surface area contributed by atoms with E-state index in [1.165, 1.54) is 0 Å². The summed E-state index contributed by atoms with van der Waals surface area (Å²) in [7, 11) is 0. The molecule has 1 rings (SSSR count). The molecule has 5 heteroatoms. The zero-order valence-electron chi connectivity index (χ0n) is 7.21. The second-order valence-corrected chi connectivity index (χ2v) is 4.52. The zero-order chi connectivity index (χ0) is 10.7. The standard InChI is InChI=1S/C9H9ClINO2/c10-7-2-1-5(11)3-6(7)8(12)4-9(13)14/h1-3,8H,4,12H2,(H,13,14). The highest BCUT2D eigenvalue weighted by Gasteiger charge is 2.13. The second kappa shape index (κ2) is 4.95. The Morgan fingerprint density at radius 3 is 2.86 bits per heavy atom. The van der Waals surface area contributed by atoms with E-state index < -0.39 is 12.0 Å². The van der Waals surface area contributed by atoms with E-state index in [-0.39, 0.29) is 6.42 Å². The molecule has 14 heavy (non-hydrogen) atoms. The van der Waals surface area contributed by atoms with Crippen molar-refractivity contribution in [1.82, 2.24) is 0 Å². The lowest BCUT2D eigenvalue weighted by Gasteiger charge is -2.11. The van der Waals surface area contributed by atoms with Gasteiger partial charge in [-0.25, -0.2) is 0 Å². The molecule has 1 aromatic carbocycles. The lowest BCUT2D eigenvalue weighted by Crippen LogP contribution is -2.15. The molecule has 0 aliphatic rings. The molecule has 3 nitrogen and oxygen atoms in total. The third-order valence-electron chi connectivity index (χ3n) is 1.75. The van der Waals surface area contributed by atoms with Crippen molar-refractivity contribution >= 4 is 40.2 Å². The summed E-state index contributed by atoms with van der Waals surface area (Å²) in [6.07, 6.45) is -0.111. The largest absolute Gasteiger partial charge is 0.481 e. The minimum Gasteiger partial charge on any atom is -0.481 e. The molecule has 0 saturated carbocycles. The van der Waals surface area contributed by atoms with Crippen molar-refractivity contribution in [3.63, 3.8) is 0 Å². The first-order valence-electron chi connectivity index (χ1n) is 3.93. The van der Waals surface area contributed by atoms with Crippen LogP contribution in [0.25, 0.3) is 0 Å². The van der Waals surface area contributed by atoms with Crippen molar-refractivity contribution in [2.45, 2.75) is 12.5 Å². The van der Waals surface area contributed by atoms with E-state index in [9.17, 15) is 4.79 Å². The number of aliphatic carboxylic acids is 1. The van der Waals surface area contributed by atoms with E-state index >= 15 is 0 Å². The number of hydrogen-bond acceptors (Lipinski definition) is 2. The third-order valence-corrected chi connectivity index (χ3v) is 2.77. The Hall–Kier alpha value is -0.330. The van der Waals surface area contributed by atoms with Gasteiger partial charge in [0.2, 0.25) is 0 Å². The molecule has 1 aromatic rings. The molecule has 0 aromatic heterocycles. The number of carbonyl (C=O) groups is 1. The molecular formula is C9H9ClINO2. The molecule has 1 atom stereocenters. The van der Waals surface area contributed by atoms with Crippen LogP contribution in [0.4, 0.5) is 0 Å². The highest BCUT2D eigenvalue weighted by Crippen LogP contribution is 2.25. The molecule has 0 fully saturated rings. The highest BCUT2D eigenvalue weighted by atomic mass is 127. The van der Waals surface area contributed by atoms with Crippen molar-refractivity contribution in [1.29, 1.82) is 0 Å². The van der Waals surface area contributed by atoms with Gasteiger partial charge in [-0.2, -0.15) is 0 Å². The van der Waals surface area contributed by atoms with Crippen molar-refractivity contribution in [2.24, 2.45) is 5.73 Å². The number of carboxylic acids is 1. The molecule has 0 saturated heterocycles. The van der Waals surface area contributed by atoms with Gasteiger partial charge in [-0.05, 0) is 46.4 Å². The van der Waals surface area contributed by atoms with E-state index in [4.69, 9.17) is 22.4 Å². The maximum absolute atomic E-state index is 10.5. The molecule has 0 spiro atoms. The first-order chi connectivity index (χ1) is 6.50. The van der Waals surface area contributed by atoms with Gasteiger partial charge >= 0.3 is 5.97 Å². The molecule has 76 valence electrons. The molecule has 0 amide bonds. The van der Waals surface area contributed by atoms with Gasteiger partial charge in [0.15, 0.2) is 0 Å². The fourth-order valence-electron chi connectivity index (χ4n) is 1.10. The Bertz CT molecular complexity index is 357. The van der Waals surface area contributed by atoms with E-state index in [1.807, 2.05) is 6.07 Å². The fraction of sp³-hybridized carbons (Fsp3) is 0.222. The molecule has 0 heterocycles. The maximum atomic E-state index is 10.5. The van der Waals surface area contributed by atoms with Crippen LogP contribution in [0.3, 0.4) is 0 Å². The SMILES string of the molecule is NC(CC(=O)O)c1cc(I)ccc1Cl. The molecule has 0 radical (unpaired) electrons. The Morgan fingerprint density at radius 1 is 1.64 bits per heavy atom. The minimum atomic E-state index is -0.924. The summed E-state index contributed by atoms with van der Waals surface area (Å²) in [5.41, 5.74) is 6.38. The summed E-state index contributed by atoms with van der Waals surface area (Å²) < 4.78 is 0.989. The van der Waals surface area contributed by atoms with Crippen LogP contribution in [-0.4, -0.2) is 11.1 Å². The van der Waals surface area contributed by atoms with Gasteiger partial charge in [0, 0.05) is 14.6 Å². The summed E-state index contributed by atoms with van der Waals surface area (Å²) >= 11 is 8.03. The lowest BCUT2D eigenvalue weighted by molar-refractivity contribution is -0.137. The topological polar surface area (TPSA) is 63.3 Å². The van der Waals surface area contributed by atoms with Crippen LogP contribution in [0.2, 0.25) is 5.02 Å². The van der Waals surface area contributed by atoms with Gasteiger partial charge in [0.1, 0.15) is 0 Å². The maximum Gasteiger partial charge on any atom is 0.305 e. The van der Waals surface area contributed by atoms with E-state index in [0.29, 0.717) is 10.6 Å². The first-order valence-corrected chi connectivity index (χ1v) is 5.38. The predicted octanol–water partition coefficient (Wildman–Crippen LogP) is 2.42. The van der Waals surface area contributed by atoms with Gasteiger partial charge < -0.3 is 10.8 Å². The average Bonchev–Trinajstić information content (AvgIpc) is 2.08. The number of hydrogen-bond donors (Lipinski definition) is 2. The van der Waals surface area contributed by atoms with Gasteiger partial charge in [0.05, 0.1) is 6.42 Å². The van der Waals surface area contributed by atoms with Crippen molar-refractivity contribution in [2.75, 3.05) is 0 Å². The van der Waals surface area contributed by atoms with Gasteiger partial charge in [-0.1, -0.05) is 11.6 Å². The summed E-state index contributed by atoms with van der Waals surface area (Å²) in [6, 6.07) is 4.83. The normalized spacial score (nSPS) is 12.5. The Labute approximate surface area is 100 Å². The average molecular weight is 326 g/mol. The van der Waals surface area contributed by atoms with Crippen LogP contribution < -0.4 is 5.73 Å². The zero-order valence-corrected chi connectivity index (χ0v) is 10.1. The van der Waals surface area contributed by atoms with E-state index in [0.717, 1.165) is 3.57 Å². The second-order valence-electron chi connectivity index (χ2n) is 2.87. The Kier molecular flexibility index (Phi) is 4.15. The first kappa shape index (κ1) is 11.7. The summed E-state index contributed by atoms with van der Waals surface area (Å²) in [4.78, 5) is 10.5. The molecule has 0 aliphatic heterocycles. The van der Waals surface area contributed by atoms with Crippen LogP contribution in [0.15, 0.2) is 18.2 Å². The van der Waals surface area contributed by atoms with Crippen LogP contribution in [0.1, 0.15) is 18.0 Å². The van der Waals surface area contributed by atoms with Crippen molar-refractivity contribution < 1.29 is 9.90 Å². The summed E-state index contributed by atoms with van der Waals surface area (Å²) in [5, 5.41) is 9.09. The Morgan fingerprint density at radius 2 is 2.29 bits per heavy atom. The van der Waals surface area contributed by atoms with E-state index in [2.05, 4.69) is 22.6 Å². The van der Waals surface area contributed by atoms with E-state index in [1.54, 1.807) is 12.1 Å². The smallest absolute Gasteiger partial charge is 0.305 e. The van der Waals surface area contributed by atoms with Crippen LogP contribution in [0.5, 0.6) is 0 Å². The van der Waals surface area contributed by atoms with Gasteiger partial charge in [-0.3, -0.25) is 4.79 Å². The molecule has 1 unspecified atom stereocenters. The monoisotopic (exact) mass is 325 g/mol. The Balaban J connectivity index is 2.93. The lowest BCUT2D eigenvalue weighted by atomic mass is 10.1. The number of rotatable bonds is 3. The van der Waals surface area contributed by atoms with Gasteiger partial charge in [-0.15, -0.1) is 0 Å². The summed E-state index contributed by atoms with van der Waals surface area (Å²) in [6.45, 7) is 0. The summed E-state index contributed by atoms with van der Waals surface area (Å²) in [5.74, 6) is -0.924. The van der Waals surface area contributed by atoms with Crippen molar-refractivity contribution in [3.05, 3.63) is 32.4 Å². The molecule has 0 bridgehead atoms. The number of carboxylic acid groups (broad SMARTS) is 1. The molecular weight excluding hydrogens is 316 g/mol. The van der Waals surface area contributed by atoms with Crippen LogP contribution in [0, 0.1) is 3.57 Å². The quantitative estimate of drug-likeness (QED) is 0.839. The number of benzene rings is 1. The van der Waals surface area contributed by atoms with Crippen LogP contribution >= 0.6 is 34.2 Å². The third kappa shape index (κ3) is 3.11. The van der Waals surface area contributed by atoms with Gasteiger partial charge in [0.25, 0.3) is 0 Å². The number of halogens is 2. The molecule has 3 N–H and O–H groups in total. The highest BCUT2D eigenvalue weighted by molar-refractivity contribution is 14.1. The molecule has 0 aliphatic carbocycles. The fourth-order valence-corrected chi connectivity index (χ4v) is 1.87. The van der Waals surface area contributed by atoms with Crippen LogP contribution in [-0.2, 0) is 4.79 Å². The predicted molar refractivity (Wildman–Crippen MR) is 63.4 cm³/mol. The number of nitrogens with two attached hydrogens (primary N) is 1. The minimum absolute atomic E-state index is 0.111. The van der Waals surface area contributed by atoms with Crippen molar-refractivity contribution in [3.8, 4) is 0 Å².